The Hall–Kier alpha value is -3.06. The molecule has 1 aliphatic rings. The molecule has 164 valence electrons. The van der Waals surface area contributed by atoms with Crippen molar-refractivity contribution in [3.8, 4) is 0 Å². The number of hydrogen-bond donors (Lipinski definition) is 5. The number of likely N-dealkylation sites (tertiary alicyclic amines) is 1. The molecule has 0 aliphatic carbocycles. The van der Waals surface area contributed by atoms with E-state index >= 15 is 0 Å². The summed E-state index contributed by atoms with van der Waals surface area (Å²) in [5.74, 6) is -2.14. The van der Waals surface area contributed by atoms with Gasteiger partial charge in [-0.15, -0.1) is 0 Å². The first-order valence-corrected chi connectivity index (χ1v) is 10.1. The van der Waals surface area contributed by atoms with E-state index in [0.29, 0.717) is 31.7 Å². The minimum absolute atomic E-state index is 0.0510. The molecule has 1 aromatic rings. The lowest BCUT2D eigenvalue weighted by Gasteiger charge is -2.32. The van der Waals surface area contributed by atoms with Crippen molar-refractivity contribution >= 4 is 46.0 Å². The van der Waals surface area contributed by atoms with Crippen LogP contribution in [0.5, 0.6) is 0 Å². The first-order chi connectivity index (χ1) is 14.2. The van der Waals surface area contributed by atoms with Crippen molar-refractivity contribution in [1.82, 2.24) is 20.5 Å². The van der Waals surface area contributed by atoms with Crippen LogP contribution in [0.15, 0.2) is 4.99 Å². The van der Waals surface area contributed by atoms with E-state index in [1.807, 2.05) is 4.90 Å². The predicted molar refractivity (Wildman–Crippen MR) is 110 cm³/mol. The molecular weight excluding hydrogens is 414 g/mol. The molecular formula is C17H25N7O5S. The number of Topliss-reactive ketones (excluding diaryl/α,β-unsaturated/α-hetero) is 1. The summed E-state index contributed by atoms with van der Waals surface area (Å²) in [6.07, 6.45) is 0.795. The van der Waals surface area contributed by atoms with Gasteiger partial charge in [-0.25, -0.2) is 4.98 Å². The summed E-state index contributed by atoms with van der Waals surface area (Å²) in [7, 11) is 0. The standard InChI is InChI=1S/C17H25N7O5S/c1-9-14(30-17(21-9)23-16(18)19)15(29)20-7-12(26)22-10-8-24(6-4-11(10)25)5-2-3-13(27)28/h10H,2-8H2,1H3,(H,20,29)(H,22,26)(H,27,28)(H4,18,19,21,23). The Bertz CT molecular complexity index is 850. The van der Waals surface area contributed by atoms with Gasteiger partial charge in [0, 0.05) is 25.9 Å². The Kier molecular flexibility index (Phi) is 8.24. The number of carboxylic acid groups (broad SMARTS) is 1. The van der Waals surface area contributed by atoms with Crippen LogP contribution in [0.3, 0.4) is 0 Å². The van der Waals surface area contributed by atoms with Crippen LogP contribution in [0, 0.1) is 6.92 Å². The number of thiazole rings is 1. The lowest BCUT2D eigenvalue weighted by Crippen LogP contribution is -2.54. The van der Waals surface area contributed by atoms with Gasteiger partial charge in [0.2, 0.25) is 11.0 Å². The Morgan fingerprint density at radius 2 is 2.10 bits per heavy atom. The molecule has 0 radical (unpaired) electrons. The molecule has 1 unspecified atom stereocenters. The smallest absolute Gasteiger partial charge is 0.303 e. The highest BCUT2D eigenvalue weighted by atomic mass is 32.1. The first kappa shape index (κ1) is 23.2. The van der Waals surface area contributed by atoms with Gasteiger partial charge in [0.1, 0.15) is 10.9 Å². The largest absolute Gasteiger partial charge is 0.481 e. The number of guanidine groups is 1. The van der Waals surface area contributed by atoms with Gasteiger partial charge in [-0.1, -0.05) is 11.3 Å². The number of ketones is 1. The zero-order valence-electron chi connectivity index (χ0n) is 16.5. The third-order valence-corrected chi connectivity index (χ3v) is 5.38. The van der Waals surface area contributed by atoms with Gasteiger partial charge >= 0.3 is 5.97 Å². The number of aliphatic carboxylic acids is 1. The molecule has 1 fully saturated rings. The Balaban J connectivity index is 1.83. The van der Waals surface area contributed by atoms with Gasteiger partial charge in [-0.05, 0) is 19.9 Å². The van der Waals surface area contributed by atoms with Crippen LogP contribution in [-0.2, 0) is 14.4 Å². The number of nitrogens with two attached hydrogens (primary N) is 2. The number of carbonyl (C=O) groups excluding carboxylic acids is 3. The van der Waals surface area contributed by atoms with E-state index < -0.39 is 23.8 Å². The summed E-state index contributed by atoms with van der Waals surface area (Å²) in [5, 5.41) is 14.1. The van der Waals surface area contributed by atoms with Crippen LogP contribution < -0.4 is 22.1 Å². The maximum atomic E-state index is 12.3. The van der Waals surface area contributed by atoms with Crippen LogP contribution >= 0.6 is 11.3 Å². The van der Waals surface area contributed by atoms with Gasteiger partial charge < -0.3 is 32.1 Å². The van der Waals surface area contributed by atoms with Crippen LogP contribution in [-0.4, -0.2) is 76.7 Å². The van der Waals surface area contributed by atoms with Crippen LogP contribution in [0.4, 0.5) is 5.13 Å². The van der Waals surface area contributed by atoms with Crippen molar-refractivity contribution in [2.45, 2.75) is 32.2 Å². The maximum Gasteiger partial charge on any atom is 0.303 e. The molecule has 1 atom stereocenters. The number of carbonyl (C=O) groups is 4. The second-order valence-corrected chi connectivity index (χ2v) is 7.74. The van der Waals surface area contributed by atoms with Crippen molar-refractivity contribution < 1.29 is 24.3 Å². The zero-order chi connectivity index (χ0) is 22.3. The summed E-state index contributed by atoms with van der Waals surface area (Å²) in [6.45, 7) is 2.69. The lowest BCUT2D eigenvalue weighted by atomic mass is 10.0. The van der Waals surface area contributed by atoms with Gasteiger partial charge in [0.15, 0.2) is 11.7 Å². The minimum Gasteiger partial charge on any atom is -0.481 e. The zero-order valence-corrected chi connectivity index (χ0v) is 17.3. The van der Waals surface area contributed by atoms with E-state index in [-0.39, 0.29) is 41.1 Å². The predicted octanol–water partition coefficient (Wildman–Crippen LogP) is -1.29. The van der Waals surface area contributed by atoms with E-state index in [1.54, 1.807) is 6.92 Å². The van der Waals surface area contributed by atoms with E-state index in [2.05, 4.69) is 20.6 Å². The van der Waals surface area contributed by atoms with E-state index in [4.69, 9.17) is 16.6 Å². The molecule has 0 saturated carbocycles. The Labute approximate surface area is 176 Å². The quantitative estimate of drug-likeness (QED) is 0.230. The molecule has 30 heavy (non-hydrogen) atoms. The number of nitrogens with one attached hydrogen (secondary N) is 2. The highest BCUT2D eigenvalue weighted by Crippen LogP contribution is 2.24. The molecule has 2 amide bonds. The third-order valence-electron chi connectivity index (χ3n) is 4.33. The third kappa shape index (κ3) is 7.08. The fourth-order valence-corrected chi connectivity index (χ4v) is 3.79. The van der Waals surface area contributed by atoms with Gasteiger partial charge in [0.25, 0.3) is 5.91 Å². The topological polar surface area (TPSA) is 193 Å². The normalized spacial score (nSPS) is 16.7. The summed E-state index contributed by atoms with van der Waals surface area (Å²) < 4.78 is 0. The van der Waals surface area contributed by atoms with Crippen molar-refractivity contribution in [3.05, 3.63) is 10.6 Å². The number of aryl methyl sites for hydroxylation is 1. The minimum atomic E-state index is -0.870. The van der Waals surface area contributed by atoms with Crippen molar-refractivity contribution in [2.24, 2.45) is 16.5 Å². The summed E-state index contributed by atoms with van der Waals surface area (Å²) >= 11 is 0.989. The van der Waals surface area contributed by atoms with Crippen LogP contribution in [0.2, 0.25) is 0 Å². The Morgan fingerprint density at radius 1 is 1.37 bits per heavy atom. The van der Waals surface area contributed by atoms with E-state index in [0.717, 1.165) is 11.3 Å². The van der Waals surface area contributed by atoms with Crippen molar-refractivity contribution in [3.63, 3.8) is 0 Å². The summed E-state index contributed by atoms with van der Waals surface area (Å²) in [5.41, 5.74) is 11.0. The van der Waals surface area contributed by atoms with Gasteiger partial charge in [0.05, 0.1) is 12.2 Å². The molecule has 2 rings (SSSR count). The molecule has 12 nitrogen and oxygen atoms in total. The first-order valence-electron chi connectivity index (χ1n) is 9.27. The molecule has 13 heteroatoms. The second kappa shape index (κ2) is 10.6. The lowest BCUT2D eigenvalue weighted by molar-refractivity contribution is -0.137. The molecule has 0 bridgehead atoms. The maximum absolute atomic E-state index is 12.3. The molecule has 0 spiro atoms. The SMILES string of the molecule is Cc1nc(N=C(N)N)sc1C(=O)NCC(=O)NC1CN(CCCC(=O)O)CCC1=O. The van der Waals surface area contributed by atoms with Gasteiger partial charge in [-0.3, -0.25) is 19.2 Å². The number of hydrogen-bond acceptors (Lipinski definition) is 8. The number of piperidine rings is 1. The molecule has 2 heterocycles. The average molecular weight is 439 g/mol. The molecule has 1 aromatic heterocycles. The highest BCUT2D eigenvalue weighted by Gasteiger charge is 2.28. The summed E-state index contributed by atoms with van der Waals surface area (Å²) in [6, 6.07) is -0.688. The highest BCUT2D eigenvalue weighted by molar-refractivity contribution is 7.17. The number of amides is 2. The second-order valence-electron chi connectivity index (χ2n) is 6.76. The molecule has 1 saturated heterocycles. The molecule has 1 aliphatic heterocycles. The van der Waals surface area contributed by atoms with Crippen molar-refractivity contribution in [2.75, 3.05) is 26.2 Å². The van der Waals surface area contributed by atoms with Crippen LogP contribution in [0.1, 0.15) is 34.6 Å². The van der Waals surface area contributed by atoms with Crippen LogP contribution in [0.25, 0.3) is 0 Å². The fourth-order valence-electron chi connectivity index (χ4n) is 2.91. The van der Waals surface area contributed by atoms with E-state index in [9.17, 15) is 19.2 Å². The monoisotopic (exact) mass is 439 g/mol. The Morgan fingerprint density at radius 3 is 2.77 bits per heavy atom. The molecule has 7 N–H and O–H groups in total. The van der Waals surface area contributed by atoms with Crippen molar-refractivity contribution in [1.29, 1.82) is 0 Å². The number of aliphatic imine (C=N–C) groups is 1. The summed E-state index contributed by atoms with van der Waals surface area (Å²) in [4.78, 5) is 57.3. The van der Waals surface area contributed by atoms with E-state index in [1.165, 1.54) is 0 Å². The number of carboxylic acids is 1. The number of nitrogens with zero attached hydrogens (tertiary/aromatic N) is 3. The number of rotatable bonds is 9. The molecule has 0 aromatic carbocycles. The average Bonchev–Trinajstić information content (AvgIpc) is 3.01. The van der Waals surface area contributed by atoms with Gasteiger partial charge in [-0.2, -0.15) is 4.99 Å². The fraction of sp³-hybridized carbons (Fsp3) is 0.529. The number of aromatic nitrogens is 1.